The Morgan fingerprint density at radius 1 is 1.09 bits per heavy atom. The van der Waals surface area contributed by atoms with Crippen LogP contribution in [0.5, 0.6) is 0 Å². The maximum atomic E-state index is 8.35. The lowest BCUT2D eigenvalue weighted by Crippen LogP contribution is -2.03. The summed E-state index contributed by atoms with van der Waals surface area (Å²) in [6.45, 7) is 0.727. The van der Waals surface area contributed by atoms with Crippen LogP contribution in [0.25, 0.3) is 21.8 Å². The quantitative estimate of drug-likeness (QED) is 0.409. The second kappa shape index (κ2) is 6.47. The summed E-state index contributed by atoms with van der Waals surface area (Å²) in [5.41, 5.74) is 11.4. The van der Waals surface area contributed by atoms with Crippen LogP contribution in [-0.2, 0) is 13.1 Å². The number of rotatable bonds is 5. The molecule has 0 saturated heterocycles. The van der Waals surface area contributed by atoms with Crippen molar-refractivity contribution in [3.05, 3.63) is 70.6 Å². The summed E-state index contributed by atoms with van der Waals surface area (Å²) in [5.74, 6) is 0. The van der Waals surface area contributed by atoms with Crippen molar-refractivity contribution in [2.75, 3.05) is 0 Å². The summed E-state index contributed by atoms with van der Waals surface area (Å²) in [6, 6.07) is 11.2. The third-order valence-corrected chi connectivity index (χ3v) is 2.95. The van der Waals surface area contributed by atoms with Crippen molar-refractivity contribution in [1.29, 1.82) is 0 Å². The Bertz CT molecular complexity index is 804. The van der Waals surface area contributed by atoms with Gasteiger partial charge in [-0.25, -0.2) is 4.68 Å². The monoisotopic (exact) mass is 292 g/mol. The Labute approximate surface area is 126 Å². The first-order chi connectivity index (χ1) is 10.8. The molecule has 0 fully saturated rings. The van der Waals surface area contributed by atoms with Crippen molar-refractivity contribution in [3.8, 4) is 11.4 Å². The van der Waals surface area contributed by atoms with Gasteiger partial charge in [-0.3, -0.25) is 9.97 Å². The van der Waals surface area contributed by atoms with Crippen LogP contribution in [0.4, 0.5) is 0 Å². The van der Waals surface area contributed by atoms with Gasteiger partial charge in [0.25, 0.3) is 0 Å². The SMILES string of the molecule is [N-]=[N+]=NCc1cccc(Cn2cc(-c3ccccn3)nn2)n1. The molecule has 3 rings (SSSR count). The van der Waals surface area contributed by atoms with E-state index < -0.39 is 0 Å². The molecule has 0 atom stereocenters. The molecule has 108 valence electrons. The van der Waals surface area contributed by atoms with Crippen LogP contribution >= 0.6 is 0 Å². The molecule has 8 heteroatoms. The molecule has 3 aromatic heterocycles. The van der Waals surface area contributed by atoms with Crippen molar-refractivity contribution < 1.29 is 0 Å². The summed E-state index contributed by atoms with van der Waals surface area (Å²) in [6.07, 6.45) is 3.54. The van der Waals surface area contributed by atoms with Crippen LogP contribution < -0.4 is 0 Å². The third-order valence-electron chi connectivity index (χ3n) is 2.95. The Morgan fingerprint density at radius 2 is 2.00 bits per heavy atom. The van der Waals surface area contributed by atoms with E-state index >= 15 is 0 Å². The predicted octanol–water partition coefficient (Wildman–Crippen LogP) is 2.59. The number of nitrogens with zero attached hydrogens (tertiary/aromatic N) is 8. The van der Waals surface area contributed by atoms with Crippen LogP contribution in [0.2, 0.25) is 0 Å². The van der Waals surface area contributed by atoms with E-state index in [1.807, 2.05) is 42.6 Å². The van der Waals surface area contributed by atoms with Crippen molar-refractivity contribution in [3.63, 3.8) is 0 Å². The number of azide groups is 1. The first-order valence-electron chi connectivity index (χ1n) is 6.62. The fraction of sp³-hybridized carbons (Fsp3) is 0.143. The van der Waals surface area contributed by atoms with Gasteiger partial charge in [0.1, 0.15) is 5.69 Å². The minimum absolute atomic E-state index is 0.237. The van der Waals surface area contributed by atoms with E-state index in [-0.39, 0.29) is 6.54 Å². The first kappa shape index (κ1) is 13.7. The molecule has 0 aliphatic heterocycles. The molecule has 0 N–H and O–H groups in total. The molecule has 3 aromatic rings. The number of aromatic nitrogens is 5. The molecule has 3 heterocycles. The molecular weight excluding hydrogens is 280 g/mol. The highest BCUT2D eigenvalue weighted by atomic mass is 15.4. The third kappa shape index (κ3) is 3.25. The lowest BCUT2D eigenvalue weighted by molar-refractivity contribution is 0.636. The molecule has 8 nitrogen and oxygen atoms in total. The van der Waals surface area contributed by atoms with Gasteiger partial charge in [0.2, 0.25) is 0 Å². The van der Waals surface area contributed by atoms with Crippen LogP contribution in [0.1, 0.15) is 11.4 Å². The van der Waals surface area contributed by atoms with Gasteiger partial charge in [0, 0.05) is 16.8 Å². The topological polar surface area (TPSA) is 105 Å². The van der Waals surface area contributed by atoms with Gasteiger partial charge >= 0.3 is 0 Å². The number of hydrogen-bond acceptors (Lipinski definition) is 5. The lowest BCUT2D eigenvalue weighted by Gasteiger charge is -2.02. The van der Waals surface area contributed by atoms with Gasteiger partial charge in [-0.1, -0.05) is 22.5 Å². The smallest absolute Gasteiger partial charge is 0.131 e. The van der Waals surface area contributed by atoms with Crippen LogP contribution in [-0.4, -0.2) is 25.0 Å². The maximum Gasteiger partial charge on any atom is 0.131 e. The second-order valence-electron chi connectivity index (χ2n) is 4.53. The van der Waals surface area contributed by atoms with E-state index in [1.165, 1.54) is 0 Å². The Hall–Kier alpha value is -3.25. The maximum absolute atomic E-state index is 8.35. The summed E-state index contributed by atoms with van der Waals surface area (Å²) in [4.78, 5) is 11.4. The molecule has 0 bridgehead atoms. The fourth-order valence-electron chi connectivity index (χ4n) is 1.98. The number of hydrogen-bond donors (Lipinski definition) is 0. The van der Waals surface area contributed by atoms with Crippen LogP contribution in [0.3, 0.4) is 0 Å². The average molecular weight is 292 g/mol. The van der Waals surface area contributed by atoms with E-state index in [0.29, 0.717) is 12.2 Å². The zero-order valence-corrected chi connectivity index (χ0v) is 11.6. The Balaban J connectivity index is 1.76. The molecule has 22 heavy (non-hydrogen) atoms. The van der Waals surface area contributed by atoms with E-state index in [0.717, 1.165) is 17.1 Å². The molecule has 0 aromatic carbocycles. The molecule has 0 aliphatic rings. The largest absolute Gasteiger partial charge is 0.256 e. The molecule has 0 saturated carbocycles. The van der Waals surface area contributed by atoms with Gasteiger partial charge in [0.15, 0.2) is 0 Å². The number of pyridine rings is 2. The van der Waals surface area contributed by atoms with Crippen molar-refractivity contribution in [2.24, 2.45) is 5.11 Å². The highest BCUT2D eigenvalue weighted by Crippen LogP contribution is 2.12. The van der Waals surface area contributed by atoms with Gasteiger partial charge in [-0.2, -0.15) is 0 Å². The van der Waals surface area contributed by atoms with E-state index in [9.17, 15) is 0 Å². The highest BCUT2D eigenvalue weighted by molar-refractivity contribution is 5.51. The summed E-state index contributed by atoms with van der Waals surface area (Å²) in [5, 5.41) is 11.7. The van der Waals surface area contributed by atoms with Crippen molar-refractivity contribution in [1.82, 2.24) is 25.0 Å². The van der Waals surface area contributed by atoms with Gasteiger partial charge in [0.05, 0.1) is 30.7 Å². The molecule has 0 spiro atoms. The summed E-state index contributed by atoms with van der Waals surface area (Å²) in [7, 11) is 0. The van der Waals surface area contributed by atoms with E-state index in [4.69, 9.17) is 5.53 Å². The molecule has 0 unspecified atom stereocenters. The minimum Gasteiger partial charge on any atom is -0.256 e. The summed E-state index contributed by atoms with van der Waals surface area (Å²) < 4.78 is 1.70. The van der Waals surface area contributed by atoms with Crippen LogP contribution in [0, 0.1) is 0 Å². The minimum atomic E-state index is 0.237. The van der Waals surface area contributed by atoms with Gasteiger partial charge in [-0.15, -0.1) is 5.10 Å². The molecule has 0 aliphatic carbocycles. The highest BCUT2D eigenvalue weighted by Gasteiger charge is 2.06. The van der Waals surface area contributed by atoms with Crippen molar-refractivity contribution >= 4 is 0 Å². The van der Waals surface area contributed by atoms with E-state index in [2.05, 4.69) is 30.3 Å². The molecular formula is C14H12N8. The van der Waals surface area contributed by atoms with Crippen LogP contribution in [0.15, 0.2) is 53.9 Å². The lowest BCUT2D eigenvalue weighted by atomic mass is 10.3. The van der Waals surface area contributed by atoms with Gasteiger partial charge in [-0.05, 0) is 29.8 Å². The zero-order valence-electron chi connectivity index (χ0n) is 11.6. The summed E-state index contributed by atoms with van der Waals surface area (Å²) >= 11 is 0. The molecule has 0 radical (unpaired) electrons. The normalized spacial score (nSPS) is 10.2. The first-order valence-corrected chi connectivity index (χ1v) is 6.62. The Morgan fingerprint density at radius 3 is 2.82 bits per heavy atom. The standard InChI is InChI=1S/C14H12N8/c15-20-17-8-11-4-3-5-12(18-11)9-22-10-14(19-21-22)13-6-1-2-7-16-13/h1-7,10H,8-9H2. The Kier molecular flexibility index (Phi) is 4.03. The predicted molar refractivity (Wildman–Crippen MR) is 79.4 cm³/mol. The zero-order chi connectivity index (χ0) is 15.2. The van der Waals surface area contributed by atoms with E-state index in [1.54, 1.807) is 10.9 Å². The molecule has 0 amide bonds. The second-order valence-corrected chi connectivity index (χ2v) is 4.53. The van der Waals surface area contributed by atoms with Gasteiger partial charge < -0.3 is 0 Å². The van der Waals surface area contributed by atoms with Crippen molar-refractivity contribution in [2.45, 2.75) is 13.1 Å². The average Bonchev–Trinajstić information content (AvgIpc) is 3.03. The fourth-order valence-corrected chi connectivity index (χ4v) is 1.98.